The van der Waals surface area contributed by atoms with Gasteiger partial charge in [0.05, 0.1) is 6.54 Å². The number of nitrogens with two attached hydrogens (primary N) is 1. The van der Waals surface area contributed by atoms with E-state index in [4.69, 9.17) is 15.2 Å². The number of halogens is 1. The number of ether oxygens (including phenoxy) is 2. The van der Waals surface area contributed by atoms with Crippen LogP contribution >= 0.6 is 23.7 Å². The molecule has 1 aliphatic heterocycles. The van der Waals surface area contributed by atoms with Crippen LogP contribution in [0.1, 0.15) is 30.6 Å². The van der Waals surface area contributed by atoms with Crippen molar-refractivity contribution in [1.82, 2.24) is 0 Å². The molecule has 5 nitrogen and oxygen atoms in total. The molecule has 2 aliphatic rings. The summed E-state index contributed by atoms with van der Waals surface area (Å²) in [6.45, 7) is 1.66. The van der Waals surface area contributed by atoms with E-state index < -0.39 is 0 Å². The Kier molecular flexibility index (Phi) is 6.63. The first-order chi connectivity index (χ1) is 12.7. The molecule has 4 rings (SSSR count). The minimum absolute atomic E-state index is 0. The highest BCUT2D eigenvalue weighted by Crippen LogP contribution is 2.36. The summed E-state index contributed by atoms with van der Waals surface area (Å²) in [6.07, 6.45) is 3.68. The summed E-state index contributed by atoms with van der Waals surface area (Å²) in [4.78, 5) is 16.2. The molecular formula is C20H25ClN2O3S. The topological polar surface area (TPSA) is 64.8 Å². The molecule has 27 heavy (non-hydrogen) atoms. The van der Waals surface area contributed by atoms with Gasteiger partial charge in [-0.3, -0.25) is 4.79 Å². The lowest BCUT2D eigenvalue weighted by Crippen LogP contribution is -2.35. The van der Waals surface area contributed by atoms with E-state index in [1.54, 1.807) is 11.3 Å². The number of fused-ring (bicyclic) bond motifs is 1. The molecule has 2 aromatic rings. The average molecular weight is 409 g/mol. The van der Waals surface area contributed by atoms with E-state index in [1.807, 2.05) is 34.5 Å². The average Bonchev–Trinajstić information content (AvgIpc) is 3.31. The molecule has 1 aromatic carbocycles. The van der Waals surface area contributed by atoms with Crippen LogP contribution < -0.4 is 20.1 Å². The maximum absolute atomic E-state index is 13.1. The molecule has 7 heteroatoms. The quantitative estimate of drug-likeness (QED) is 0.812. The molecule has 2 heterocycles. The van der Waals surface area contributed by atoms with Crippen molar-refractivity contribution in [3.05, 3.63) is 40.6 Å². The molecule has 1 saturated carbocycles. The number of rotatable bonds is 5. The number of benzene rings is 1. The molecule has 1 aromatic heterocycles. The van der Waals surface area contributed by atoms with Crippen LogP contribution in [0.2, 0.25) is 0 Å². The summed E-state index contributed by atoms with van der Waals surface area (Å²) < 4.78 is 11.3. The van der Waals surface area contributed by atoms with Crippen LogP contribution in [0.15, 0.2) is 35.7 Å². The van der Waals surface area contributed by atoms with Crippen molar-refractivity contribution in [2.45, 2.75) is 38.3 Å². The smallest absolute Gasteiger partial charge is 0.227 e. The van der Waals surface area contributed by atoms with Gasteiger partial charge in [-0.05, 0) is 42.3 Å². The van der Waals surface area contributed by atoms with Gasteiger partial charge in [-0.1, -0.05) is 12.5 Å². The zero-order chi connectivity index (χ0) is 17.9. The lowest BCUT2D eigenvalue weighted by molar-refractivity contribution is -0.119. The predicted molar refractivity (Wildman–Crippen MR) is 110 cm³/mol. The van der Waals surface area contributed by atoms with E-state index in [0.29, 0.717) is 31.9 Å². The number of carbonyl (C=O) groups is 1. The number of nitrogens with zero attached hydrogens (tertiary/aromatic N) is 1. The van der Waals surface area contributed by atoms with Crippen LogP contribution in [0, 0.1) is 5.92 Å². The van der Waals surface area contributed by atoms with Crippen LogP contribution in [-0.2, 0) is 11.3 Å². The van der Waals surface area contributed by atoms with Crippen molar-refractivity contribution in [2.75, 3.05) is 18.1 Å². The second-order valence-corrected chi connectivity index (χ2v) is 7.98. The number of anilines is 1. The molecule has 2 N–H and O–H groups in total. The third-order valence-electron chi connectivity index (χ3n) is 5.19. The van der Waals surface area contributed by atoms with Crippen LogP contribution in [0.4, 0.5) is 5.69 Å². The second kappa shape index (κ2) is 8.95. The molecule has 146 valence electrons. The molecule has 2 atom stereocenters. The molecule has 1 fully saturated rings. The number of carbonyl (C=O) groups excluding carboxylic acids is 1. The Hall–Kier alpha value is -1.76. The molecule has 1 amide bonds. The minimum Gasteiger partial charge on any atom is -0.486 e. The predicted octanol–water partition coefficient (Wildman–Crippen LogP) is 3.99. The summed E-state index contributed by atoms with van der Waals surface area (Å²) in [7, 11) is 0. The van der Waals surface area contributed by atoms with Crippen molar-refractivity contribution in [1.29, 1.82) is 0 Å². The lowest BCUT2D eigenvalue weighted by atomic mass is 9.99. The van der Waals surface area contributed by atoms with Gasteiger partial charge in [0.15, 0.2) is 11.5 Å². The Labute approximate surface area is 169 Å². The summed E-state index contributed by atoms with van der Waals surface area (Å²) in [5, 5.41) is 2.04. The molecule has 0 radical (unpaired) electrons. The van der Waals surface area contributed by atoms with Crippen molar-refractivity contribution < 1.29 is 14.3 Å². The Morgan fingerprint density at radius 3 is 2.70 bits per heavy atom. The largest absolute Gasteiger partial charge is 0.486 e. The highest BCUT2D eigenvalue weighted by Gasteiger charge is 2.29. The zero-order valence-electron chi connectivity index (χ0n) is 15.1. The third kappa shape index (κ3) is 4.57. The summed E-state index contributed by atoms with van der Waals surface area (Å²) in [6, 6.07) is 9.95. The maximum Gasteiger partial charge on any atom is 0.227 e. The van der Waals surface area contributed by atoms with E-state index in [0.717, 1.165) is 35.6 Å². The van der Waals surface area contributed by atoms with Gasteiger partial charge in [-0.15, -0.1) is 23.7 Å². The summed E-state index contributed by atoms with van der Waals surface area (Å²) in [5.41, 5.74) is 7.03. The first-order valence-corrected chi connectivity index (χ1v) is 10.1. The second-order valence-electron chi connectivity index (χ2n) is 6.95. The standard InChI is InChI=1S/C20H24N2O3S.ClH/c21-17-5-1-3-14(17)11-20(23)22(13-16-4-2-10-26-16)15-6-7-18-19(12-15)25-9-8-24-18;/h2,4,6-7,10,12,14,17H,1,3,5,8-9,11,13,21H2;1H/t14-,17+;/m0./s1. The van der Waals surface area contributed by atoms with Crippen molar-refractivity contribution >= 4 is 35.3 Å². The SMILES string of the molecule is Cl.N[C@@H]1CCC[C@H]1CC(=O)N(Cc1cccs1)c1ccc2c(c1)OCCO2. The van der Waals surface area contributed by atoms with Gasteiger partial charge in [-0.25, -0.2) is 0 Å². The normalized spacial score (nSPS) is 20.8. The van der Waals surface area contributed by atoms with E-state index in [9.17, 15) is 4.79 Å². The number of hydrogen-bond donors (Lipinski definition) is 1. The summed E-state index contributed by atoms with van der Waals surface area (Å²) in [5.74, 6) is 1.85. The van der Waals surface area contributed by atoms with Crippen LogP contribution in [0.25, 0.3) is 0 Å². The van der Waals surface area contributed by atoms with Crippen LogP contribution in [0.3, 0.4) is 0 Å². The van der Waals surface area contributed by atoms with Crippen molar-refractivity contribution in [3.63, 3.8) is 0 Å². The molecule has 0 bridgehead atoms. The van der Waals surface area contributed by atoms with Gasteiger partial charge in [0, 0.05) is 29.1 Å². The first-order valence-electron chi connectivity index (χ1n) is 9.18. The first kappa shape index (κ1) is 20.0. The van der Waals surface area contributed by atoms with Gasteiger partial charge < -0.3 is 20.1 Å². The summed E-state index contributed by atoms with van der Waals surface area (Å²) >= 11 is 1.66. The molecule has 0 saturated heterocycles. The Bertz CT molecular complexity index is 769. The Morgan fingerprint density at radius 2 is 2.00 bits per heavy atom. The molecular weight excluding hydrogens is 384 g/mol. The molecule has 0 spiro atoms. The van der Waals surface area contributed by atoms with E-state index in [1.165, 1.54) is 0 Å². The fraction of sp³-hybridized carbons (Fsp3) is 0.450. The minimum atomic E-state index is 0. The fourth-order valence-electron chi connectivity index (χ4n) is 3.74. The third-order valence-corrected chi connectivity index (χ3v) is 6.05. The number of hydrogen-bond acceptors (Lipinski definition) is 5. The maximum atomic E-state index is 13.1. The van der Waals surface area contributed by atoms with Crippen LogP contribution in [-0.4, -0.2) is 25.2 Å². The van der Waals surface area contributed by atoms with Gasteiger partial charge in [-0.2, -0.15) is 0 Å². The Morgan fingerprint density at radius 1 is 1.19 bits per heavy atom. The van der Waals surface area contributed by atoms with E-state index in [2.05, 4.69) is 6.07 Å². The van der Waals surface area contributed by atoms with Crippen molar-refractivity contribution in [3.8, 4) is 11.5 Å². The highest BCUT2D eigenvalue weighted by atomic mass is 35.5. The van der Waals surface area contributed by atoms with Gasteiger partial charge in [0.2, 0.25) is 5.91 Å². The van der Waals surface area contributed by atoms with Crippen LogP contribution in [0.5, 0.6) is 11.5 Å². The van der Waals surface area contributed by atoms with Crippen molar-refractivity contribution in [2.24, 2.45) is 11.7 Å². The van der Waals surface area contributed by atoms with Gasteiger partial charge >= 0.3 is 0 Å². The van der Waals surface area contributed by atoms with Gasteiger partial charge in [0.1, 0.15) is 13.2 Å². The van der Waals surface area contributed by atoms with E-state index >= 15 is 0 Å². The molecule has 1 aliphatic carbocycles. The zero-order valence-corrected chi connectivity index (χ0v) is 16.8. The highest BCUT2D eigenvalue weighted by molar-refractivity contribution is 7.09. The lowest BCUT2D eigenvalue weighted by Gasteiger charge is -2.27. The Balaban J connectivity index is 0.00000210. The molecule has 0 unspecified atom stereocenters. The number of thiophene rings is 1. The monoisotopic (exact) mass is 408 g/mol. The fourth-order valence-corrected chi connectivity index (χ4v) is 4.43. The number of amides is 1. The van der Waals surface area contributed by atoms with Gasteiger partial charge in [0.25, 0.3) is 0 Å². The van der Waals surface area contributed by atoms with E-state index in [-0.39, 0.29) is 30.3 Å².